The number of aromatic nitrogens is 1. The van der Waals surface area contributed by atoms with Gasteiger partial charge in [0.15, 0.2) is 9.84 Å². The van der Waals surface area contributed by atoms with E-state index in [1.165, 1.54) is 24.5 Å². The minimum Gasteiger partial charge on any atom is -0.444 e. The summed E-state index contributed by atoms with van der Waals surface area (Å²) in [5.41, 5.74) is -0.594. The molecule has 1 aliphatic heterocycles. The number of hydrogen-bond acceptors (Lipinski definition) is 5. The monoisotopic (exact) mass is 340 g/mol. The van der Waals surface area contributed by atoms with Gasteiger partial charge in [-0.05, 0) is 52.2 Å². The second-order valence-corrected chi connectivity index (χ2v) is 8.82. The SMILES string of the molecule is CC(C)(C)OC(=O)N1CCCC[C@H]1CS(=O)(=O)c1ccncc1. The van der Waals surface area contributed by atoms with E-state index >= 15 is 0 Å². The van der Waals surface area contributed by atoms with E-state index in [0.29, 0.717) is 13.0 Å². The molecule has 6 nitrogen and oxygen atoms in total. The molecule has 7 heteroatoms. The average Bonchev–Trinajstić information content (AvgIpc) is 2.46. The van der Waals surface area contributed by atoms with Gasteiger partial charge in [0, 0.05) is 25.0 Å². The number of amides is 1. The summed E-state index contributed by atoms with van der Waals surface area (Å²) >= 11 is 0. The molecule has 1 aromatic rings. The van der Waals surface area contributed by atoms with Crippen LogP contribution in [0.2, 0.25) is 0 Å². The summed E-state index contributed by atoms with van der Waals surface area (Å²) in [6.45, 7) is 5.94. The highest BCUT2D eigenvalue weighted by molar-refractivity contribution is 7.91. The fraction of sp³-hybridized carbons (Fsp3) is 0.625. The van der Waals surface area contributed by atoms with Crippen molar-refractivity contribution in [1.29, 1.82) is 0 Å². The molecule has 0 bridgehead atoms. The summed E-state index contributed by atoms with van der Waals surface area (Å²) in [6.07, 6.45) is 4.93. The third-order valence-electron chi connectivity index (χ3n) is 3.68. The van der Waals surface area contributed by atoms with Crippen LogP contribution < -0.4 is 0 Å². The van der Waals surface area contributed by atoms with Gasteiger partial charge in [0.1, 0.15) is 5.60 Å². The van der Waals surface area contributed by atoms with Gasteiger partial charge in [0.05, 0.1) is 10.6 Å². The quantitative estimate of drug-likeness (QED) is 0.845. The van der Waals surface area contributed by atoms with Crippen LogP contribution >= 0.6 is 0 Å². The Bertz CT molecular complexity index is 638. The molecule has 0 saturated carbocycles. The van der Waals surface area contributed by atoms with Crippen molar-refractivity contribution in [3.05, 3.63) is 24.5 Å². The first-order chi connectivity index (χ1) is 10.7. The zero-order valence-corrected chi connectivity index (χ0v) is 14.7. The van der Waals surface area contributed by atoms with Gasteiger partial charge < -0.3 is 9.64 Å². The van der Waals surface area contributed by atoms with Gasteiger partial charge in [-0.3, -0.25) is 4.98 Å². The lowest BCUT2D eigenvalue weighted by molar-refractivity contribution is 0.0124. The first-order valence-corrected chi connectivity index (χ1v) is 9.47. The Balaban J connectivity index is 2.14. The third-order valence-corrected chi connectivity index (χ3v) is 5.49. The minimum absolute atomic E-state index is 0.0870. The molecule has 0 N–H and O–H groups in total. The molecule has 0 radical (unpaired) electrons. The topological polar surface area (TPSA) is 76.6 Å². The highest BCUT2D eigenvalue weighted by atomic mass is 32.2. The van der Waals surface area contributed by atoms with E-state index in [1.807, 2.05) is 0 Å². The van der Waals surface area contributed by atoms with Crippen LogP contribution in [0.5, 0.6) is 0 Å². The second kappa shape index (κ2) is 6.86. The van der Waals surface area contributed by atoms with Gasteiger partial charge in [0.25, 0.3) is 0 Å². The number of piperidine rings is 1. The lowest BCUT2D eigenvalue weighted by Crippen LogP contribution is -2.48. The molecular weight excluding hydrogens is 316 g/mol. The predicted octanol–water partition coefficient (Wildman–Crippen LogP) is 2.64. The predicted molar refractivity (Wildman–Crippen MR) is 86.9 cm³/mol. The first-order valence-electron chi connectivity index (χ1n) is 7.81. The maximum Gasteiger partial charge on any atom is 0.410 e. The molecule has 23 heavy (non-hydrogen) atoms. The van der Waals surface area contributed by atoms with Gasteiger partial charge in [-0.2, -0.15) is 0 Å². The number of likely N-dealkylation sites (tertiary alicyclic amines) is 1. The van der Waals surface area contributed by atoms with Crippen molar-refractivity contribution in [2.75, 3.05) is 12.3 Å². The zero-order valence-electron chi connectivity index (χ0n) is 13.9. The van der Waals surface area contributed by atoms with E-state index in [1.54, 1.807) is 25.7 Å². The summed E-state index contributed by atoms with van der Waals surface area (Å²) in [7, 11) is -3.46. The van der Waals surface area contributed by atoms with Crippen LogP contribution in [-0.4, -0.2) is 48.3 Å². The maximum absolute atomic E-state index is 12.5. The Morgan fingerprint density at radius 1 is 1.30 bits per heavy atom. The molecule has 0 aliphatic carbocycles. The van der Waals surface area contributed by atoms with Crippen LogP contribution in [0.4, 0.5) is 4.79 Å². The van der Waals surface area contributed by atoms with E-state index in [2.05, 4.69) is 4.98 Å². The van der Waals surface area contributed by atoms with Crippen molar-refractivity contribution in [3.63, 3.8) is 0 Å². The molecule has 1 amide bonds. The van der Waals surface area contributed by atoms with Crippen molar-refractivity contribution < 1.29 is 17.9 Å². The molecule has 128 valence electrons. The van der Waals surface area contributed by atoms with Crippen molar-refractivity contribution in [2.24, 2.45) is 0 Å². The highest BCUT2D eigenvalue weighted by Crippen LogP contribution is 2.23. The summed E-state index contributed by atoms with van der Waals surface area (Å²) in [6, 6.07) is 2.61. The molecule has 1 saturated heterocycles. The Morgan fingerprint density at radius 2 is 1.96 bits per heavy atom. The fourth-order valence-electron chi connectivity index (χ4n) is 2.63. The Morgan fingerprint density at radius 3 is 2.57 bits per heavy atom. The van der Waals surface area contributed by atoms with Crippen LogP contribution in [0.25, 0.3) is 0 Å². The molecule has 0 spiro atoms. The van der Waals surface area contributed by atoms with E-state index in [9.17, 15) is 13.2 Å². The molecule has 2 rings (SSSR count). The number of carbonyl (C=O) groups is 1. The standard InChI is InChI=1S/C16H24N2O4S/c1-16(2,3)22-15(19)18-11-5-4-6-13(18)12-23(20,21)14-7-9-17-10-8-14/h7-10,13H,4-6,11-12H2,1-3H3/t13-/m0/s1. The smallest absolute Gasteiger partial charge is 0.410 e. The number of sulfone groups is 1. The van der Waals surface area contributed by atoms with Gasteiger partial charge in [-0.1, -0.05) is 0 Å². The summed E-state index contributed by atoms with van der Waals surface area (Å²) in [5.74, 6) is -0.0870. The van der Waals surface area contributed by atoms with Gasteiger partial charge in [0.2, 0.25) is 0 Å². The Hall–Kier alpha value is -1.63. The van der Waals surface area contributed by atoms with E-state index in [0.717, 1.165) is 12.8 Å². The minimum atomic E-state index is -3.46. The molecule has 1 fully saturated rings. The van der Waals surface area contributed by atoms with Crippen LogP contribution in [0.1, 0.15) is 40.0 Å². The summed E-state index contributed by atoms with van der Waals surface area (Å²) in [4.78, 5) is 18.0. The first kappa shape index (κ1) is 17.7. The molecule has 0 aromatic carbocycles. The van der Waals surface area contributed by atoms with Gasteiger partial charge in [-0.15, -0.1) is 0 Å². The fourth-order valence-corrected chi connectivity index (χ4v) is 4.21. The number of pyridine rings is 1. The number of ether oxygens (including phenoxy) is 1. The zero-order chi connectivity index (χ0) is 17.1. The lowest BCUT2D eigenvalue weighted by atomic mass is 10.0. The lowest BCUT2D eigenvalue weighted by Gasteiger charge is -2.36. The van der Waals surface area contributed by atoms with Crippen molar-refractivity contribution in [2.45, 2.75) is 56.6 Å². The van der Waals surface area contributed by atoms with E-state index < -0.39 is 21.5 Å². The molecule has 1 aliphatic rings. The van der Waals surface area contributed by atoms with E-state index in [4.69, 9.17) is 4.74 Å². The third kappa shape index (κ3) is 4.92. The van der Waals surface area contributed by atoms with Gasteiger partial charge >= 0.3 is 6.09 Å². The molecule has 1 atom stereocenters. The molecule has 1 aromatic heterocycles. The Labute approximate surface area is 137 Å². The number of nitrogens with zero attached hydrogens (tertiary/aromatic N) is 2. The number of hydrogen-bond donors (Lipinski definition) is 0. The van der Waals surface area contributed by atoms with Crippen LogP contribution in [0.3, 0.4) is 0 Å². The molecule has 2 heterocycles. The molecule has 0 unspecified atom stereocenters. The van der Waals surface area contributed by atoms with Crippen LogP contribution in [0.15, 0.2) is 29.4 Å². The normalized spacial score (nSPS) is 19.4. The average molecular weight is 340 g/mol. The number of rotatable bonds is 3. The van der Waals surface area contributed by atoms with E-state index in [-0.39, 0.29) is 16.7 Å². The van der Waals surface area contributed by atoms with Crippen molar-refractivity contribution >= 4 is 15.9 Å². The van der Waals surface area contributed by atoms with Crippen LogP contribution in [0, 0.1) is 0 Å². The largest absolute Gasteiger partial charge is 0.444 e. The second-order valence-electron chi connectivity index (χ2n) is 6.79. The Kier molecular flexibility index (Phi) is 5.29. The summed E-state index contributed by atoms with van der Waals surface area (Å²) in [5, 5.41) is 0. The molecular formula is C16H24N2O4S. The van der Waals surface area contributed by atoms with Gasteiger partial charge in [-0.25, -0.2) is 13.2 Å². The summed E-state index contributed by atoms with van der Waals surface area (Å²) < 4.78 is 30.5. The van der Waals surface area contributed by atoms with Crippen molar-refractivity contribution in [3.8, 4) is 0 Å². The highest BCUT2D eigenvalue weighted by Gasteiger charge is 2.33. The van der Waals surface area contributed by atoms with Crippen molar-refractivity contribution in [1.82, 2.24) is 9.88 Å². The van der Waals surface area contributed by atoms with Crippen LogP contribution in [-0.2, 0) is 14.6 Å². The maximum atomic E-state index is 12.5. The number of carbonyl (C=O) groups excluding carboxylic acids is 1.